The number of aryl methyl sites for hydroxylation is 1. The van der Waals surface area contributed by atoms with Crippen LogP contribution >= 0.6 is 23.1 Å². The SMILES string of the molecule is CCc1ccccc1NC(=O)CN(C)C(=O)c1c(-n2cccc2)sc2c1CCSC2. The van der Waals surface area contributed by atoms with Gasteiger partial charge in [0.15, 0.2) is 0 Å². The molecule has 0 spiro atoms. The van der Waals surface area contributed by atoms with Crippen LogP contribution in [-0.4, -0.2) is 40.6 Å². The Labute approximate surface area is 185 Å². The molecule has 5 nitrogen and oxygen atoms in total. The summed E-state index contributed by atoms with van der Waals surface area (Å²) in [5.41, 5.74) is 3.79. The molecule has 0 unspecified atom stereocenters. The summed E-state index contributed by atoms with van der Waals surface area (Å²) in [7, 11) is 1.70. The highest BCUT2D eigenvalue weighted by Crippen LogP contribution is 2.38. The van der Waals surface area contributed by atoms with E-state index in [0.29, 0.717) is 0 Å². The second kappa shape index (κ2) is 9.10. The predicted molar refractivity (Wildman–Crippen MR) is 125 cm³/mol. The minimum Gasteiger partial charge on any atom is -0.332 e. The van der Waals surface area contributed by atoms with E-state index in [1.807, 2.05) is 65.1 Å². The van der Waals surface area contributed by atoms with Crippen molar-refractivity contribution in [1.29, 1.82) is 0 Å². The highest BCUT2D eigenvalue weighted by molar-refractivity contribution is 7.98. The lowest BCUT2D eigenvalue weighted by atomic mass is 10.1. The molecule has 0 radical (unpaired) electrons. The van der Waals surface area contributed by atoms with Crippen LogP contribution in [0.1, 0.15) is 33.3 Å². The summed E-state index contributed by atoms with van der Waals surface area (Å²) in [6, 6.07) is 11.7. The summed E-state index contributed by atoms with van der Waals surface area (Å²) in [5, 5.41) is 3.90. The van der Waals surface area contributed by atoms with Gasteiger partial charge in [0.2, 0.25) is 5.91 Å². The van der Waals surface area contributed by atoms with Crippen LogP contribution in [0.3, 0.4) is 0 Å². The molecule has 3 heterocycles. The van der Waals surface area contributed by atoms with E-state index in [9.17, 15) is 9.59 Å². The molecule has 1 N–H and O–H groups in total. The summed E-state index contributed by atoms with van der Waals surface area (Å²) < 4.78 is 2.01. The van der Waals surface area contributed by atoms with Crippen LogP contribution < -0.4 is 5.32 Å². The van der Waals surface area contributed by atoms with Gasteiger partial charge in [0.1, 0.15) is 5.00 Å². The number of nitrogens with one attached hydrogen (secondary N) is 1. The number of likely N-dealkylation sites (N-methyl/N-ethyl adjacent to an activating group) is 1. The topological polar surface area (TPSA) is 54.3 Å². The number of rotatable bonds is 6. The first kappa shape index (κ1) is 20.8. The number of benzene rings is 1. The van der Waals surface area contributed by atoms with Crippen molar-refractivity contribution in [3.8, 4) is 5.00 Å². The smallest absolute Gasteiger partial charge is 0.257 e. The summed E-state index contributed by atoms with van der Waals surface area (Å²) >= 11 is 3.59. The number of para-hydroxylation sites is 1. The van der Waals surface area contributed by atoms with Crippen LogP contribution in [0.15, 0.2) is 48.8 Å². The number of carbonyl (C=O) groups excluding carboxylic acids is 2. The summed E-state index contributed by atoms with van der Waals surface area (Å²) in [6.07, 6.45) is 5.67. The molecule has 7 heteroatoms. The second-order valence-corrected chi connectivity index (χ2v) is 9.49. The largest absolute Gasteiger partial charge is 0.332 e. The molecule has 0 fully saturated rings. The number of thioether (sulfide) groups is 1. The molecule has 1 aromatic carbocycles. The molecule has 1 aliphatic rings. The van der Waals surface area contributed by atoms with E-state index in [1.165, 1.54) is 9.78 Å². The standard InChI is InChI=1S/C23H25N3O2S2/c1-3-16-8-4-5-9-18(16)24-20(27)14-25(2)22(28)21-17-10-13-29-15-19(17)30-23(21)26-11-6-7-12-26/h4-9,11-12H,3,10,13-15H2,1-2H3,(H,24,27). The molecule has 1 aliphatic heterocycles. The van der Waals surface area contributed by atoms with Gasteiger partial charge in [0.05, 0.1) is 12.1 Å². The van der Waals surface area contributed by atoms with Crippen molar-refractivity contribution in [2.45, 2.75) is 25.5 Å². The van der Waals surface area contributed by atoms with Crippen molar-refractivity contribution >= 4 is 40.6 Å². The number of carbonyl (C=O) groups is 2. The van der Waals surface area contributed by atoms with Crippen molar-refractivity contribution in [3.05, 3.63) is 70.4 Å². The summed E-state index contributed by atoms with van der Waals surface area (Å²) in [4.78, 5) is 28.9. The van der Waals surface area contributed by atoms with Gasteiger partial charge in [-0.15, -0.1) is 11.3 Å². The predicted octanol–water partition coefficient (Wildman–Crippen LogP) is 4.60. The van der Waals surface area contributed by atoms with E-state index in [0.717, 1.165) is 51.7 Å². The van der Waals surface area contributed by atoms with Gasteiger partial charge in [-0.25, -0.2) is 0 Å². The minimum atomic E-state index is -0.186. The quantitative estimate of drug-likeness (QED) is 0.611. The number of aromatic nitrogens is 1. The molecular formula is C23H25N3O2S2. The number of fused-ring (bicyclic) bond motifs is 1. The molecule has 3 aromatic rings. The van der Waals surface area contributed by atoms with Crippen molar-refractivity contribution < 1.29 is 9.59 Å². The average Bonchev–Trinajstić information content (AvgIpc) is 3.41. The molecule has 0 atom stereocenters. The Morgan fingerprint density at radius 2 is 1.93 bits per heavy atom. The first-order valence-electron chi connectivity index (χ1n) is 10.1. The summed E-state index contributed by atoms with van der Waals surface area (Å²) in [6.45, 7) is 2.07. The van der Waals surface area contributed by atoms with Crippen LogP contribution in [0.5, 0.6) is 0 Å². The van der Waals surface area contributed by atoms with Gasteiger partial charge >= 0.3 is 0 Å². The van der Waals surface area contributed by atoms with E-state index in [2.05, 4.69) is 12.2 Å². The van der Waals surface area contributed by atoms with E-state index in [4.69, 9.17) is 0 Å². The maximum atomic E-state index is 13.4. The van der Waals surface area contributed by atoms with Crippen LogP contribution in [0, 0.1) is 0 Å². The van der Waals surface area contributed by atoms with E-state index in [-0.39, 0.29) is 18.4 Å². The highest BCUT2D eigenvalue weighted by atomic mass is 32.2. The van der Waals surface area contributed by atoms with Gasteiger partial charge in [-0.3, -0.25) is 9.59 Å². The normalized spacial score (nSPS) is 13.0. The Hall–Kier alpha value is -2.51. The minimum absolute atomic E-state index is 0.0152. The fourth-order valence-electron chi connectivity index (χ4n) is 3.71. The fraction of sp³-hybridized carbons (Fsp3) is 0.304. The molecule has 0 bridgehead atoms. The third-order valence-electron chi connectivity index (χ3n) is 5.25. The van der Waals surface area contributed by atoms with Crippen LogP contribution in [0.25, 0.3) is 5.00 Å². The Balaban J connectivity index is 1.55. The van der Waals surface area contributed by atoms with Gasteiger partial charge < -0.3 is 14.8 Å². The molecule has 0 saturated carbocycles. The van der Waals surface area contributed by atoms with Gasteiger partial charge in [0, 0.05) is 35.8 Å². The number of anilines is 1. The van der Waals surface area contributed by atoms with E-state index >= 15 is 0 Å². The lowest BCUT2D eigenvalue weighted by Gasteiger charge is -2.20. The molecule has 30 heavy (non-hydrogen) atoms. The Kier molecular flexibility index (Phi) is 6.29. The Morgan fingerprint density at radius 1 is 1.17 bits per heavy atom. The van der Waals surface area contributed by atoms with Crippen molar-refractivity contribution in [2.24, 2.45) is 0 Å². The number of hydrogen-bond donors (Lipinski definition) is 1. The molecule has 2 amide bonds. The van der Waals surface area contributed by atoms with Crippen LogP contribution in [0.2, 0.25) is 0 Å². The van der Waals surface area contributed by atoms with Gasteiger partial charge in [-0.2, -0.15) is 11.8 Å². The van der Waals surface area contributed by atoms with Gasteiger partial charge in [-0.05, 0) is 47.9 Å². The van der Waals surface area contributed by atoms with Crippen molar-refractivity contribution in [3.63, 3.8) is 0 Å². The fourth-order valence-corrected chi connectivity index (χ4v) is 6.15. The van der Waals surface area contributed by atoms with Crippen LogP contribution in [-0.2, 0) is 23.4 Å². The summed E-state index contributed by atoms with van der Waals surface area (Å²) in [5.74, 6) is 1.68. The molecule has 2 aromatic heterocycles. The van der Waals surface area contributed by atoms with E-state index < -0.39 is 0 Å². The van der Waals surface area contributed by atoms with Crippen molar-refractivity contribution in [1.82, 2.24) is 9.47 Å². The zero-order valence-corrected chi connectivity index (χ0v) is 18.8. The van der Waals surface area contributed by atoms with Crippen molar-refractivity contribution in [2.75, 3.05) is 24.7 Å². The van der Waals surface area contributed by atoms with Gasteiger partial charge in [0.25, 0.3) is 5.91 Å². The Morgan fingerprint density at radius 3 is 2.70 bits per heavy atom. The third-order valence-corrected chi connectivity index (χ3v) is 7.67. The number of thiophene rings is 1. The zero-order chi connectivity index (χ0) is 21.1. The third kappa shape index (κ3) is 4.18. The lowest BCUT2D eigenvalue weighted by Crippen LogP contribution is -2.35. The van der Waals surface area contributed by atoms with Gasteiger partial charge in [-0.1, -0.05) is 25.1 Å². The maximum absolute atomic E-state index is 13.4. The van der Waals surface area contributed by atoms with E-state index in [1.54, 1.807) is 18.4 Å². The number of hydrogen-bond acceptors (Lipinski definition) is 4. The number of nitrogens with zero attached hydrogens (tertiary/aromatic N) is 2. The first-order chi connectivity index (χ1) is 14.6. The Bertz CT molecular complexity index is 1060. The molecule has 4 rings (SSSR count). The molecule has 156 valence electrons. The average molecular weight is 440 g/mol. The molecule has 0 saturated heterocycles. The molecular weight excluding hydrogens is 414 g/mol. The van der Waals surface area contributed by atoms with Crippen LogP contribution in [0.4, 0.5) is 5.69 Å². The first-order valence-corrected chi connectivity index (χ1v) is 12.0. The number of amides is 2. The second-order valence-electron chi connectivity index (χ2n) is 7.30. The monoisotopic (exact) mass is 439 g/mol. The maximum Gasteiger partial charge on any atom is 0.257 e. The lowest BCUT2D eigenvalue weighted by molar-refractivity contribution is -0.116. The molecule has 0 aliphatic carbocycles. The highest BCUT2D eigenvalue weighted by Gasteiger charge is 2.28. The zero-order valence-electron chi connectivity index (χ0n) is 17.2.